The van der Waals surface area contributed by atoms with Crippen molar-refractivity contribution in [2.45, 2.75) is 51.0 Å². The molecule has 0 aromatic carbocycles. The van der Waals surface area contributed by atoms with Crippen LogP contribution in [0.25, 0.3) is 0 Å². The Balaban J connectivity index is 3.93. The topological polar surface area (TPSA) is 97.7 Å². The third-order valence-corrected chi connectivity index (χ3v) is 3.03. The second kappa shape index (κ2) is 10.7. The van der Waals surface area contributed by atoms with Crippen LogP contribution in [0.2, 0.25) is 0 Å². The summed E-state index contributed by atoms with van der Waals surface area (Å²) in [5.41, 5.74) is 0. The van der Waals surface area contributed by atoms with Crippen LogP contribution in [0.5, 0.6) is 0 Å². The molecule has 0 aliphatic carbocycles. The van der Waals surface area contributed by atoms with E-state index in [0.717, 1.165) is 32.1 Å². The maximum atomic E-state index is 11.5. The number of rotatable bonds is 12. The standard InChI is InChI=1S/C14H24O5/c1-2-3-4-5-6-7-8-9-11(14(18)19)13(17)12(16)10-15/h2,11-12,15-16H,1,3-10H2,(H,18,19)/p-1. The molecule has 0 saturated heterocycles. The van der Waals surface area contributed by atoms with E-state index in [1.165, 1.54) is 0 Å². The highest BCUT2D eigenvalue weighted by Crippen LogP contribution is 2.14. The van der Waals surface area contributed by atoms with Crippen LogP contribution < -0.4 is 5.11 Å². The summed E-state index contributed by atoms with van der Waals surface area (Å²) in [5.74, 6) is -3.67. The fourth-order valence-electron chi connectivity index (χ4n) is 1.87. The van der Waals surface area contributed by atoms with Gasteiger partial charge in [-0.3, -0.25) is 4.79 Å². The number of carboxylic acid groups (broad SMARTS) is 1. The van der Waals surface area contributed by atoms with E-state index in [2.05, 4.69) is 6.58 Å². The van der Waals surface area contributed by atoms with Crippen LogP contribution in [0.1, 0.15) is 44.9 Å². The van der Waals surface area contributed by atoms with Gasteiger partial charge in [0.05, 0.1) is 18.5 Å². The summed E-state index contributed by atoms with van der Waals surface area (Å²) < 4.78 is 0. The van der Waals surface area contributed by atoms with Crippen LogP contribution in [-0.2, 0) is 9.59 Å². The second-order valence-electron chi connectivity index (χ2n) is 4.61. The summed E-state index contributed by atoms with van der Waals surface area (Å²) in [6, 6.07) is 0. The summed E-state index contributed by atoms with van der Waals surface area (Å²) in [6.07, 6.45) is 5.88. The predicted molar refractivity (Wildman–Crippen MR) is 69.1 cm³/mol. The van der Waals surface area contributed by atoms with E-state index in [9.17, 15) is 14.7 Å². The lowest BCUT2D eigenvalue weighted by Crippen LogP contribution is -2.42. The first-order valence-electron chi connectivity index (χ1n) is 6.69. The molecule has 0 aromatic heterocycles. The zero-order chi connectivity index (χ0) is 14.7. The first-order chi connectivity index (χ1) is 9.04. The lowest BCUT2D eigenvalue weighted by molar-refractivity contribution is -0.310. The molecule has 0 radical (unpaired) electrons. The number of unbranched alkanes of at least 4 members (excludes halogenated alkanes) is 5. The molecule has 0 aromatic rings. The molecule has 2 atom stereocenters. The van der Waals surface area contributed by atoms with E-state index in [1.807, 2.05) is 6.08 Å². The van der Waals surface area contributed by atoms with Crippen LogP contribution in [0.3, 0.4) is 0 Å². The van der Waals surface area contributed by atoms with Gasteiger partial charge in [-0.25, -0.2) is 0 Å². The molecule has 0 bridgehead atoms. The van der Waals surface area contributed by atoms with Gasteiger partial charge < -0.3 is 20.1 Å². The number of Topliss-reactive ketones (excluding diaryl/α,β-unsaturated/α-hetero) is 1. The van der Waals surface area contributed by atoms with Crippen LogP contribution in [0.15, 0.2) is 12.7 Å². The highest BCUT2D eigenvalue weighted by Gasteiger charge is 2.25. The normalized spacial score (nSPS) is 13.8. The van der Waals surface area contributed by atoms with Crippen molar-refractivity contribution in [3.05, 3.63) is 12.7 Å². The molecule has 5 heteroatoms. The van der Waals surface area contributed by atoms with Gasteiger partial charge in [0.25, 0.3) is 0 Å². The molecule has 5 nitrogen and oxygen atoms in total. The molecule has 2 unspecified atom stereocenters. The van der Waals surface area contributed by atoms with Gasteiger partial charge in [-0.15, -0.1) is 6.58 Å². The second-order valence-corrected chi connectivity index (χ2v) is 4.61. The smallest absolute Gasteiger partial charge is 0.172 e. The molecule has 110 valence electrons. The number of aliphatic carboxylic acids is 1. The summed E-state index contributed by atoms with van der Waals surface area (Å²) >= 11 is 0. The third-order valence-electron chi connectivity index (χ3n) is 3.03. The Morgan fingerprint density at radius 1 is 1.16 bits per heavy atom. The van der Waals surface area contributed by atoms with Gasteiger partial charge in [0.1, 0.15) is 6.10 Å². The lowest BCUT2D eigenvalue weighted by Gasteiger charge is -2.18. The summed E-state index contributed by atoms with van der Waals surface area (Å²) in [4.78, 5) is 22.3. The van der Waals surface area contributed by atoms with Gasteiger partial charge >= 0.3 is 0 Å². The number of hydrogen-bond acceptors (Lipinski definition) is 5. The molecular formula is C14H23O5-. The molecular weight excluding hydrogens is 248 g/mol. The molecule has 0 aliphatic rings. The van der Waals surface area contributed by atoms with Crippen molar-refractivity contribution in [1.29, 1.82) is 0 Å². The number of allylic oxidation sites excluding steroid dienone is 1. The van der Waals surface area contributed by atoms with Gasteiger partial charge in [0, 0.05) is 0 Å². The molecule has 0 aliphatic heterocycles. The monoisotopic (exact) mass is 271 g/mol. The zero-order valence-corrected chi connectivity index (χ0v) is 11.2. The van der Waals surface area contributed by atoms with Gasteiger partial charge in [0.2, 0.25) is 0 Å². The minimum absolute atomic E-state index is 0.152. The molecule has 0 heterocycles. The van der Waals surface area contributed by atoms with Gasteiger partial charge in [-0.2, -0.15) is 0 Å². The Morgan fingerprint density at radius 2 is 1.74 bits per heavy atom. The average molecular weight is 271 g/mol. The van der Waals surface area contributed by atoms with Crippen molar-refractivity contribution in [3.63, 3.8) is 0 Å². The lowest BCUT2D eigenvalue weighted by atomic mass is 9.93. The Bertz CT molecular complexity index is 288. The molecule has 19 heavy (non-hydrogen) atoms. The van der Waals surface area contributed by atoms with Gasteiger partial charge in [-0.05, 0) is 19.3 Å². The number of aliphatic hydroxyl groups excluding tert-OH is 2. The quantitative estimate of drug-likeness (QED) is 0.300. The highest BCUT2D eigenvalue weighted by molar-refractivity contribution is 5.99. The Labute approximate surface area is 113 Å². The van der Waals surface area contributed by atoms with Crippen LogP contribution in [0, 0.1) is 5.92 Å². The fourth-order valence-corrected chi connectivity index (χ4v) is 1.87. The molecule has 0 rings (SSSR count). The van der Waals surface area contributed by atoms with Crippen molar-refractivity contribution < 1.29 is 24.9 Å². The van der Waals surface area contributed by atoms with E-state index < -0.39 is 30.4 Å². The van der Waals surface area contributed by atoms with E-state index in [-0.39, 0.29) is 6.42 Å². The highest BCUT2D eigenvalue weighted by atomic mass is 16.4. The summed E-state index contributed by atoms with van der Waals surface area (Å²) in [6.45, 7) is 2.87. The van der Waals surface area contributed by atoms with Crippen LogP contribution >= 0.6 is 0 Å². The summed E-state index contributed by atoms with van der Waals surface area (Å²) in [5, 5.41) is 28.6. The maximum absolute atomic E-state index is 11.5. The van der Waals surface area contributed by atoms with E-state index in [4.69, 9.17) is 10.2 Å². The van der Waals surface area contributed by atoms with Crippen molar-refractivity contribution in [2.24, 2.45) is 5.92 Å². The predicted octanol–water partition coefficient (Wildman–Crippen LogP) is 0.191. The molecule has 2 N–H and O–H groups in total. The number of aliphatic hydroxyl groups is 2. The molecule has 0 fully saturated rings. The Kier molecular flexibility index (Phi) is 10.0. The van der Waals surface area contributed by atoms with Crippen molar-refractivity contribution in [3.8, 4) is 0 Å². The Morgan fingerprint density at radius 3 is 2.26 bits per heavy atom. The first-order valence-corrected chi connectivity index (χ1v) is 6.69. The maximum Gasteiger partial charge on any atom is 0.172 e. The summed E-state index contributed by atoms with van der Waals surface area (Å²) in [7, 11) is 0. The largest absolute Gasteiger partial charge is 0.549 e. The van der Waals surface area contributed by atoms with Crippen molar-refractivity contribution >= 4 is 11.8 Å². The molecule has 0 spiro atoms. The Hall–Kier alpha value is -1.20. The van der Waals surface area contributed by atoms with Crippen molar-refractivity contribution in [1.82, 2.24) is 0 Å². The molecule has 0 amide bonds. The van der Waals surface area contributed by atoms with Crippen LogP contribution in [0.4, 0.5) is 0 Å². The van der Waals surface area contributed by atoms with Gasteiger partial charge in [0.15, 0.2) is 5.78 Å². The molecule has 0 saturated carbocycles. The SMILES string of the molecule is C=CCCCCCCCC(C(=O)[O-])C(=O)C(O)CO. The number of ketones is 1. The number of carboxylic acids is 1. The minimum Gasteiger partial charge on any atom is -0.549 e. The average Bonchev–Trinajstić information content (AvgIpc) is 2.39. The van der Waals surface area contributed by atoms with E-state index in [0.29, 0.717) is 6.42 Å². The zero-order valence-electron chi connectivity index (χ0n) is 11.2. The first kappa shape index (κ1) is 17.8. The third kappa shape index (κ3) is 7.74. The van der Waals surface area contributed by atoms with Crippen molar-refractivity contribution in [2.75, 3.05) is 6.61 Å². The van der Waals surface area contributed by atoms with E-state index >= 15 is 0 Å². The number of carbonyl (C=O) groups excluding carboxylic acids is 2. The van der Waals surface area contributed by atoms with E-state index in [1.54, 1.807) is 0 Å². The van der Waals surface area contributed by atoms with Crippen LogP contribution in [-0.4, -0.2) is 34.7 Å². The van der Waals surface area contributed by atoms with Gasteiger partial charge in [-0.1, -0.05) is 31.8 Å². The number of hydrogen-bond donors (Lipinski definition) is 2. The minimum atomic E-state index is -1.63. The fraction of sp³-hybridized carbons (Fsp3) is 0.714. The number of carbonyl (C=O) groups is 2.